The van der Waals surface area contributed by atoms with Crippen molar-refractivity contribution in [1.29, 1.82) is 0 Å². The first-order valence-electron chi connectivity index (χ1n) is 12.6. The number of hydrogen-bond donors (Lipinski definition) is 1. The Bertz CT molecular complexity index is 1420. The summed E-state index contributed by atoms with van der Waals surface area (Å²) in [5, 5.41) is 14.0. The van der Waals surface area contributed by atoms with E-state index in [4.69, 9.17) is 4.74 Å². The van der Waals surface area contributed by atoms with Crippen molar-refractivity contribution in [2.45, 2.75) is 25.1 Å². The number of piperazine rings is 1. The topological polar surface area (TPSA) is 108 Å². The van der Waals surface area contributed by atoms with Crippen LogP contribution in [-0.2, 0) is 0 Å². The van der Waals surface area contributed by atoms with Crippen molar-refractivity contribution in [3.8, 4) is 5.75 Å². The molecule has 1 N–H and O–H groups in total. The molecule has 38 heavy (non-hydrogen) atoms. The van der Waals surface area contributed by atoms with Crippen LogP contribution in [0.25, 0.3) is 0 Å². The highest BCUT2D eigenvalue weighted by Gasteiger charge is 2.49. The molecule has 0 aliphatic carbocycles. The average molecular weight is 514 g/mol. The van der Waals surface area contributed by atoms with Crippen molar-refractivity contribution in [1.82, 2.24) is 10.2 Å². The van der Waals surface area contributed by atoms with Gasteiger partial charge in [-0.3, -0.25) is 19.8 Å². The summed E-state index contributed by atoms with van der Waals surface area (Å²) >= 11 is 0. The summed E-state index contributed by atoms with van der Waals surface area (Å²) in [5.74, 6) is 0.639. The number of carbonyl (C=O) groups excluding carboxylic acids is 2. The first-order chi connectivity index (χ1) is 18.3. The van der Waals surface area contributed by atoms with Gasteiger partial charge in [0.2, 0.25) is 0 Å². The van der Waals surface area contributed by atoms with Crippen LogP contribution in [-0.4, -0.2) is 53.7 Å². The second-order valence-electron chi connectivity index (χ2n) is 9.96. The largest absolute Gasteiger partial charge is 0.467 e. The second kappa shape index (κ2) is 9.05. The number of nitro groups is 1. The third-order valence-electron chi connectivity index (χ3n) is 7.52. The Labute approximate surface area is 219 Å². The van der Waals surface area contributed by atoms with Gasteiger partial charge in [0.05, 0.1) is 16.7 Å². The average Bonchev–Trinajstić information content (AvgIpc) is 2.92. The van der Waals surface area contributed by atoms with Crippen molar-refractivity contribution in [3.05, 3.63) is 94.0 Å². The number of amides is 3. The molecule has 0 aromatic heterocycles. The van der Waals surface area contributed by atoms with Gasteiger partial charge in [-0.15, -0.1) is 0 Å². The number of urea groups is 1. The highest BCUT2D eigenvalue weighted by Crippen LogP contribution is 2.45. The van der Waals surface area contributed by atoms with E-state index in [9.17, 15) is 19.7 Å². The molecule has 0 unspecified atom stereocenters. The van der Waals surface area contributed by atoms with E-state index in [1.165, 1.54) is 12.1 Å². The van der Waals surface area contributed by atoms with E-state index < -0.39 is 10.6 Å². The normalized spacial score (nSPS) is 22.3. The van der Waals surface area contributed by atoms with Crippen LogP contribution in [0.4, 0.5) is 21.9 Å². The standard InChI is InChI=1S/C28H27N5O5/c1-28-18-24(23-7-2-3-8-25(23)38-28)29-27(35)32(28)22-6-4-5-19(17-22)26(34)31-15-13-30(14-16-31)20-9-11-21(12-10-20)33(36)37/h2-12,17,24H,13-16,18H2,1H3,(H,29,35)/t24-,28-/m1/s1. The summed E-state index contributed by atoms with van der Waals surface area (Å²) < 4.78 is 6.35. The molecular formula is C28H27N5O5. The van der Waals surface area contributed by atoms with E-state index in [1.54, 1.807) is 40.1 Å². The molecule has 0 radical (unpaired) electrons. The molecule has 0 spiro atoms. The smallest absolute Gasteiger partial charge is 0.325 e. The Hall–Kier alpha value is -4.60. The minimum Gasteiger partial charge on any atom is -0.467 e. The third-order valence-corrected chi connectivity index (χ3v) is 7.52. The van der Waals surface area contributed by atoms with E-state index in [2.05, 4.69) is 10.2 Å². The summed E-state index contributed by atoms with van der Waals surface area (Å²) in [5.41, 5.74) is 2.12. The minimum atomic E-state index is -0.889. The Kier molecular flexibility index (Phi) is 5.67. The maximum atomic E-state index is 13.4. The number of nitrogens with zero attached hydrogens (tertiary/aromatic N) is 4. The summed E-state index contributed by atoms with van der Waals surface area (Å²) in [6, 6.07) is 20.9. The van der Waals surface area contributed by atoms with Gasteiger partial charge in [-0.05, 0) is 43.3 Å². The predicted molar refractivity (Wildman–Crippen MR) is 141 cm³/mol. The second-order valence-corrected chi connectivity index (χ2v) is 9.96. The molecule has 10 heteroatoms. The van der Waals surface area contributed by atoms with Crippen molar-refractivity contribution in [2.24, 2.45) is 0 Å². The van der Waals surface area contributed by atoms with Gasteiger partial charge < -0.3 is 19.9 Å². The zero-order valence-corrected chi connectivity index (χ0v) is 20.9. The maximum absolute atomic E-state index is 13.4. The molecule has 6 rings (SSSR count). The van der Waals surface area contributed by atoms with Crippen molar-refractivity contribution in [2.75, 3.05) is 36.0 Å². The fraction of sp³-hybridized carbons (Fsp3) is 0.286. The van der Waals surface area contributed by atoms with Crippen LogP contribution in [0.5, 0.6) is 5.75 Å². The minimum absolute atomic E-state index is 0.0528. The zero-order chi connectivity index (χ0) is 26.4. The van der Waals surface area contributed by atoms with Gasteiger partial charge in [0.25, 0.3) is 11.6 Å². The number of hydrogen-bond acceptors (Lipinski definition) is 6. The van der Waals surface area contributed by atoms with Crippen LogP contribution in [0.15, 0.2) is 72.8 Å². The maximum Gasteiger partial charge on any atom is 0.325 e. The van der Waals surface area contributed by atoms with Gasteiger partial charge >= 0.3 is 6.03 Å². The van der Waals surface area contributed by atoms with E-state index in [1.807, 2.05) is 37.3 Å². The highest BCUT2D eigenvalue weighted by molar-refractivity contribution is 5.99. The molecule has 2 bridgehead atoms. The van der Waals surface area contributed by atoms with E-state index in [0.29, 0.717) is 43.9 Å². The molecule has 3 aliphatic rings. The number of fused-ring (bicyclic) bond motifs is 4. The zero-order valence-electron chi connectivity index (χ0n) is 20.9. The molecular weight excluding hydrogens is 486 g/mol. The summed E-state index contributed by atoms with van der Waals surface area (Å²) in [7, 11) is 0. The van der Waals surface area contributed by atoms with Crippen LogP contribution < -0.4 is 19.9 Å². The van der Waals surface area contributed by atoms with E-state index >= 15 is 0 Å². The first kappa shape index (κ1) is 23.8. The summed E-state index contributed by atoms with van der Waals surface area (Å²) in [6.07, 6.45) is 0.582. The van der Waals surface area contributed by atoms with Crippen LogP contribution in [0, 0.1) is 10.1 Å². The molecule has 3 heterocycles. The fourth-order valence-electron chi connectivity index (χ4n) is 5.63. The number of benzene rings is 3. The fourth-order valence-corrected chi connectivity index (χ4v) is 5.63. The molecule has 3 aliphatic heterocycles. The van der Waals surface area contributed by atoms with Gasteiger partial charge in [-0.2, -0.15) is 0 Å². The highest BCUT2D eigenvalue weighted by atomic mass is 16.6. The molecule has 3 amide bonds. The van der Waals surface area contributed by atoms with Gasteiger partial charge in [0, 0.05) is 61.5 Å². The Morgan fingerprint density at radius 2 is 1.74 bits per heavy atom. The summed E-state index contributed by atoms with van der Waals surface area (Å²) in [6.45, 7) is 4.17. The number of nitrogens with one attached hydrogen (secondary N) is 1. The Morgan fingerprint density at radius 1 is 1.00 bits per heavy atom. The Morgan fingerprint density at radius 3 is 2.47 bits per heavy atom. The van der Waals surface area contributed by atoms with E-state index in [0.717, 1.165) is 17.0 Å². The molecule has 2 atom stereocenters. The SMILES string of the molecule is C[C@@]12C[C@@H](NC(=O)N1c1cccc(C(=O)N3CCN(c4ccc([N+](=O)[O-])cc4)CC3)c1)c1ccccc1O2. The van der Waals surface area contributed by atoms with Crippen LogP contribution in [0.3, 0.4) is 0 Å². The van der Waals surface area contributed by atoms with Gasteiger partial charge in [-0.25, -0.2) is 4.79 Å². The quantitative estimate of drug-likeness (QED) is 0.411. The van der Waals surface area contributed by atoms with Gasteiger partial charge in [-0.1, -0.05) is 24.3 Å². The first-order valence-corrected chi connectivity index (χ1v) is 12.6. The van der Waals surface area contributed by atoms with Crippen molar-refractivity contribution >= 4 is 29.0 Å². The van der Waals surface area contributed by atoms with E-state index in [-0.39, 0.29) is 23.7 Å². The number of carbonyl (C=O) groups is 2. The lowest BCUT2D eigenvalue weighted by atomic mass is 9.90. The Balaban J connectivity index is 1.18. The molecule has 10 nitrogen and oxygen atoms in total. The number of non-ortho nitro benzene ring substituents is 1. The van der Waals surface area contributed by atoms with Crippen LogP contribution >= 0.6 is 0 Å². The molecule has 3 aromatic carbocycles. The number of rotatable bonds is 4. The molecule has 3 aromatic rings. The molecule has 0 saturated carbocycles. The third kappa shape index (κ3) is 4.07. The predicted octanol–water partition coefficient (Wildman–Crippen LogP) is 4.33. The van der Waals surface area contributed by atoms with Gasteiger partial charge in [0.15, 0.2) is 5.72 Å². The number of anilines is 2. The number of para-hydroxylation sites is 1. The van der Waals surface area contributed by atoms with Crippen molar-refractivity contribution in [3.63, 3.8) is 0 Å². The number of ether oxygens (including phenoxy) is 1. The lowest BCUT2D eigenvalue weighted by Gasteiger charge is -2.50. The molecule has 194 valence electrons. The van der Waals surface area contributed by atoms with Crippen LogP contribution in [0.1, 0.15) is 35.3 Å². The van der Waals surface area contributed by atoms with Gasteiger partial charge in [0.1, 0.15) is 5.75 Å². The lowest BCUT2D eigenvalue weighted by molar-refractivity contribution is -0.384. The number of nitro benzene ring substituents is 1. The monoisotopic (exact) mass is 513 g/mol. The van der Waals surface area contributed by atoms with Crippen molar-refractivity contribution < 1.29 is 19.2 Å². The summed E-state index contributed by atoms with van der Waals surface area (Å²) in [4.78, 5) is 42.7. The van der Waals surface area contributed by atoms with Crippen LogP contribution in [0.2, 0.25) is 0 Å². The lowest BCUT2D eigenvalue weighted by Crippen LogP contribution is -2.65. The molecule has 2 saturated heterocycles. The molecule has 2 fully saturated rings.